The van der Waals surface area contributed by atoms with Gasteiger partial charge < -0.3 is 10.1 Å². The van der Waals surface area contributed by atoms with Crippen molar-refractivity contribution in [1.82, 2.24) is 4.31 Å². The molecule has 0 spiro atoms. The maximum atomic E-state index is 14.1. The van der Waals surface area contributed by atoms with Gasteiger partial charge in [-0.15, -0.1) is 0 Å². The zero-order valence-corrected chi connectivity index (χ0v) is 15.5. The van der Waals surface area contributed by atoms with Crippen LogP contribution in [0.1, 0.15) is 10.4 Å². The second-order valence-corrected chi connectivity index (χ2v) is 8.08. The van der Waals surface area contributed by atoms with Crippen molar-refractivity contribution in [1.29, 1.82) is 0 Å². The van der Waals surface area contributed by atoms with Gasteiger partial charge in [0, 0.05) is 13.1 Å². The number of morpholine rings is 1. The van der Waals surface area contributed by atoms with Crippen LogP contribution in [0.25, 0.3) is 0 Å². The predicted molar refractivity (Wildman–Crippen MR) is 95.3 cm³/mol. The van der Waals surface area contributed by atoms with Gasteiger partial charge in [-0.1, -0.05) is 11.6 Å². The van der Waals surface area contributed by atoms with Gasteiger partial charge in [-0.05, 0) is 36.4 Å². The Morgan fingerprint density at radius 2 is 1.81 bits per heavy atom. The van der Waals surface area contributed by atoms with Gasteiger partial charge >= 0.3 is 0 Å². The van der Waals surface area contributed by atoms with Gasteiger partial charge in [0.15, 0.2) is 0 Å². The molecule has 1 saturated heterocycles. The maximum Gasteiger partial charge on any atom is 0.258 e. The minimum Gasteiger partial charge on any atom is -0.379 e. The number of hydrogen-bond donors (Lipinski definition) is 1. The summed E-state index contributed by atoms with van der Waals surface area (Å²) in [5.41, 5.74) is -0.395. The Labute approximate surface area is 159 Å². The second kappa shape index (κ2) is 7.89. The number of benzene rings is 2. The van der Waals surface area contributed by atoms with E-state index in [1.807, 2.05) is 0 Å². The van der Waals surface area contributed by atoms with Crippen LogP contribution in [-0.4, -0.2) is 44.9 Å². The first-order valence-corrected chi connectivity index (χ1v) is 9.75. The molecule has 0 atom stereocenters. The van der Waals surface area contributed by atoms with Crippen molar-refractivity contribution in [3.8, 4) is 0 Å². The van der Waals surface area contributed by atoms with E-state index >= 15 is 0 Å². The van der Waals surface area contributed by atoms with Crippen molar-refractivity contribution in [3.05, 3.63) is 58.6 Å². The van der Waals surface area contributed by atoms with Crippen LogP contribution in [0, 0.1) is 11.6 Å². The average Bonchev–Trinajstić information content (AvgIpc) is 2.65. The smallest absolute Gasteiger partial charge is 0.258 e. The van der Waals surface area contributed by atoms with Crippen LogP contribution in [0.3, 0.4) is 0 Å². The first-order chi connectivity index (χ1) is 12.8. The summed E-state index contributed by atoms with van der Waals surface area (Å²) in [7, 11) is -3.89. The number of carbonyl (C=O) groups excluding carboxylic acids is 1. The Bertz CT molecular complexity index is 979. The average molecular weight is 417 g/mol. The van der Waals surface area contributed by atoms with Crippen LogP contribution >= 0.6 is 11.6 Å². The number of hydrogen-bond acceptors (Lipinski definition) is 4. The van der Waals surface area contributed by atoms with E-state index < -0.39 is 33.1 Å². The molecule has 2 aromatic rings. The fourth-order valence-electron chi connectivity index (χ4n) is 2.56. The zero-order chi connectivity index (χ0) is 19.6. The molecule has 1 amide bonds. The number of nitrogens with zero attached hydrogens (tertiary/aromatic N) is 1. The van der Waals surface area contributed by atoms with Crippen LogP contribution in [0.2, 0.25) is 5.02 Å². The highest BCUT2D eigenvalue weighted by Gasteiger charge is 2.28. The van der Waals surface area contributed by atoms with E-state index in [0.717, 1.165) is 30.3 Å². The van der Waals surface area contributed by atoms with Crippen molar-refractivity contribution >= 4 is 33.2 Å². The van der Waals surface area contributed by atoms with Crippen molar-refractivity contribution in [3.63, 3.8) is 0 Å². The van der Waals surface area contributed by atoms with Gasteiger partial charge in [-0.25, -0.2) is 17.2 Å². The van der Waals surface area contributed by atoms with E-state index in [4.69, 9.17) is 16.3 Å². The Kier molecular flexibility index (Phi) is 5.75. The van der Waals surface area contributed by atoms with Crippen LogP contribution in [-0.2, 0) is 14.8 Å². The summed E-state index contributed by atoms with van der Waals surface area (Å²) in [6.45, 7) is 0.868. The molecule has 1 fully saturated rings. The number of rotatable bonds is 4. The molecule has 0 radical (unpaired) electrons. The third kappa shape index (κ3) is 4.27. The van der Waals surface area contributed by atoms with E-state index in [1.54, 1.807) is 0 Å². The molecule has 0 unspecified atom stereocenters. The first kappa shape index (κ1) is 19.7. The lowest BCUT2D eigenvalue weighted by molar-refractivity contribution is 0.0730. The topological polar surface area (TPSA) is 75.7 Å². The second-order valence-electron chi connectivity index (χ2n) is 5.74. The van der Waals surface area contributed by atoms with E-state index in [-0.39, 0.29) is 41.9 Å². The van der Waals surface area contributed by atoms with Crippen LogP contribution < -0.4 is 5.32 Å². The quantitative estimate of drug-likeness (QED) is 0.831. The molecule has 144 valence electrons. The molecular weight excluding hydrogens is 402 g/mol. The van der Waals surface area contributed by atoms with E-state index in [2.05, 4.69) is 5.32 Å². The number of nitrogens with one attached hydrogen (secondary N) is 1. The third-order valence-corrected chi connectivity index (χ3v) is 6.18. The summed E-state index contributed by atoms with van der Waals surface area (Å²) in [5.74, 6) is -2.39. The summed E-state index contributed by atoms with van der Waals surface area (Å²) in [6.07, 6.45) is 0. The monoisotopic (exact) mass is 416 g/mol. The SMILES string of the molecule is O=C(Nc1ccc(F)cc1Cl)c1cc(S(=O)(=O)N2CCOCC2)ccc1F. The Morgan fingerprint density at radius 3 is 2.48 bits per heavy atom. The van der Waals surface area contributed by atoms with E-state index in [9.17, 15) is 22.0 Å². The molecule has 27 heavy (non-hydrogen) atoms. The normalized spacial score (nSPS) is 15.5. The summed E-state index contributed by atoms with van der Waals surface area (Å²) in [6, 6.07) is 6.27. The van der Waals surface area contributed by atoms with Crippen molar-refractivity contribution in [2.24, 2.45) is 0 Å². The highest BCUT2D eigenvalue weighted by atomic mass is 35.5. The van der Waals surface area contributed by atoms with Crippen molar-refractivity contribution in [2.45, 2.75) is 4.90 Å². The summed E-state index contributed by atoms with van der Waals surface area (Å²) in [5, 5.41) is 2.28. The molecule has 1 aliphatic rings. The molecule has 0 saturated carbocycles. The molecule has 0 aliphatic carbocycles. The molecule has 3 rings (SSSR count). The van der Waals surface area contributed by atoms with Gasteiger partial charge in [0.25, 0.3) is 5.91 Å². The van der Waals surface area contributed by atoms with Gasteiger partial charge in [0.2, 0.25) is 10.0 Å². The predicted octanol–water partition coefficient (Wildman–Crippen LogP) is 2.89. The lowest BCUT2D eigenvalue weighted by atomic mass is 10.2. The molecule has 0 bridgehead atoms. The Balaban J connectivity index is 1.89. The van der Waals surface area contributed by atoms with Crippen LogP contribution in [0.5, 0.6) is 0 Å². The minimum atomic E-state index is -3.89. The molecule has 1 N–H and O–H groups in total. The molecule has 6 nitrogen and oxygen atoms in total. The van der Waals surface area contributed by atoms with E-state index in [1.165, 1.54) is 10.4 Å². The summed E-state index contributed by atoms with van der Waals surface area (Å²) >= 11 is 5.84. The molecule has 2 aromatic carbocycles. The Hall–Kier alpha value is -2.07. The minimum absolute atomic E-state index is 0.0687. The first-order valence-electron chi connectivity index (χ1n) is 7.93. The van der Waals surface area contributed by atoms with E-state index in [0.29, 0.717) is 0 Å². The molecular formula is C17H15ClF2N2O4S. The summed E-state index contributed by atoms with van der Waals surface area (Å²) < 4.78 is 58.9. The lowest BCUT2D eigenvalue weighted by Gasteiger charge is -2.26. The number of carbonyl (C=O) groups is 1. The Morgan fingerprint density at radius 1 is 1.11 bits per heavy atom. The number of amides is 1. The van der Waals surface area contributed by atoms with Gasteiger partial charge in [-0.2, -0.15) is 4.31 Å². The molecule has 1 aliphatic heterocycles. The fourth-order valence-corrected chi connectivity index (χ4v) is 4.20. The van der Waals surface area contributed by atoms with Gasteiger partial charge in [0.05, 0.1) is 34.4 Å². The third-order valence-electron chi connectivity index (χ3n) is 3.97. The highest BCUT2D eigenvalue weighted by molar-refractivity contribution is 7.89. The van der Waals surface area contributed by atoms with Crippen LogP contribution in [0.15, 0.2) is 41.3 Å². The van der Waals surface area contributed by atoms with Crippen molar-refractivity contribution < 1.29 is 26.7 Å². The number of anilines is 1. The molecule has 1 heterocycles. The molecule has 10 heteroatoms. The number of ether oxygens (including phenoxy) is 1. The highest BCUT2D eigenvalue weighted by Crippen LogP contribution is 2.25. The van der Waals surface area contributed by atoms with Crippen LogP contribution in [0.4, 0.5) is 14.5 Å². The standard InChI is InChI=1S/C17H15ClF2N2O4S/c18-14-9-11(19)1-4-16(14)21-17(23)13-10-12(2-3-15(13)20)27(24,25)22-5-7-26-8-6-22/h1-4,9-10H,5-8H2,(H,21,23). The lowest BCUT2D eigenvalue weighted by Crippen LogP contribution is -2.40. The number of halogens is 3. The maximum absolute atomic E-state index is 14.1. The molecule has 0 aromatic heterocycles. The fraction of sp³-hybridized carbons (Fsp3) is 0.235. The number of sulfonamides is 1. The van der Waals surface area contributed by atoms with Gasteiger partial charge in [-0.3, -0.25) is 4.79 Å². The van der Waals surface area contributed by atoms with Gasteiger partial charge in [0.1, 0.15) is 11.6 Å². The largest absolute Gasteiger partial charge is 0.379 e. The van der Waals surface area contributed by atoms with Crippen molar-refractivity contribution in [2.75, 3.05) is 31.6 Å². The summed E-state index contributed by atoms with van der Waals surface area (Å²) in [4.78, 5) is 12.2. The zero-order valence-electron chi connectivity index (χ0n) is 13.9.